The predicted molar refractivity (Wildman–Crippen MR) is 92.7 cm³/mol. The minimum Gasteiger partial charge on any atom is -0.496 e. The summed E-state index contributed by atoms with van der Waals surface area (Å²) >= 11 is 3.34. The average molecular weight is 377 g/mol. The molecule has 2 aromatic rings. The highest BCUT2D eigenvalue weighted by molar-refractivity contribution is 9.10. The lowest BCUT2D eigenvalue weighted by Gasteiger charge is -2.09. The summed E-state index contributed by atoms with van der Waals surface area (Å²) in [7, 11) is 1.51. The number of hydrogen-bond acceptors (Lipinski definition) is 3. The molecule has 2 rings (SSSR count). The lowest BCUT2D eigenvalue weighted by Crippen LogP contribution is -2.28. The van der Waals surface area contributed by atoms with Gasteiger partial charge in [-0.25, -0.2) is 0 Å². The number of anilines is 1. The minimum absolute atomic E-state index is 0.163. The lowest BCUT2D eigenvalue weighted by atomic mass is 10.2. The fourth-order valence-corrected chi connectivity index (χ4v) is 2.41. The smallest absolute Gasteiger partial charge is 0.255 e. The summed E-state index contributed by atoms with van der Waals surface area (Å²) in [6.07, 6.45) is 0.188. The number of hydrogen-bond donors (Lipinski definition) is 2. The fraction of sp³-hybridized carbons (Fsp3) is 0.176. The molecule has 0 radical (unpaired) electrons. The molecule has 0 atom stereocenters. The highest BCUT2D eigenvalue weighted by Gasteiger charge is 2.11. The van der Waals surface area contributed by atoms with E-state index < -0.39 is 0 Å². The Morgan fingerprint density at radius 3 is 2.65 bits per heavy atom. The number of benzene rings is 2. The van der Waals surface area contributed by atoms with Gasteiger partial charge in [0.1, 0.15) is 5.75 Å². The molecule has 0 bridgehead atoms. The molecule has 23 heavy (non-hydrogen) atoms. The highest BCUT2D eigenvalue weighted by Crippen LogP contribution is 2.17. The zero-order chi connectivity index (χ0) is 16.7. The first-order valence-electron chi connectivity index (χ1n) is 7.07. The van der Waals surface area contributed by atoms with E-state index in [1.54, 1.807) is 30.3 Å². The molecule has 0 aliphatic rings. The van der Waals surface area contributed by atoms with Crippen LogP contribution in [0.15, 0.2) is 53.0 Å². The predicted octanol–water partition coefficient (Wildman–Crippen LogP) is 3.22. The van der Waals surface area contributed by atoms with Gasteiger partial charge in [0.05, 0.1) is 12.7 Å². The number of ether oxygens (including phenoxy) is 1. The molecular weight excluding hydrogens is 360 g/mol. The van der Waals surface area contributed by atoms with Gasteiger partial charge < -0.3 is 15.4 Å². The Morgan fingerprint density at radius 1 is 1.13 bits per heavy atom. The normalized spacial score (nSPS) is 10.0. The second kappa shape index (κ2) is 8.33. The van der Waals surface area contributed by atoms with Crippen molar-refractivity contribution in [1.29, 1.82) is 0 Å². The molecule has 0 unspecified atom stereocenters. The van der Waals surface area contributed by atoms with Crippen LogP contribution in [0.25, 0.3) is 0 Å². The maximum Gasteiger partial charge on any atom is 0.255 e. The van der Waals surface area contributed by atoms with Crippen LogP contribution in [0.3, 0.4) is 0 Å². The van der Waals surface area contributed by atoms with Crippen LogP contribution in [0.1, 0.15) is 16.8 Å². The number of rotatable bonds is 6. The van der Waals surface area contributed by atoms with E-state index in [4.69, 9.17) is 4.74 Å². The summed E-state index contributed by atoms with van der Waals surface area (Å²) in [5, 5.41) is 5.49. The Kier molecular flexibility index (Phi) is 6.17. The number of methoxy groups -OCH3 is 1. The first-order valence-corrected chi connectivity index (χ1v) is 7.86. The monoisotopic (exact) mass is 376 g/mol. The molecule has 2 amide bonds. The van der Waals surface area contributed by atoms with Crippen LogP contribution < -0.4 is 15.4 Å². The molecule has 0 saturated carbocycles. The second-order valence-electron chi connectivity index (χ2n) is 4.76. The Labute approximate surface area is 143 Å². The first-order chi connectivity index (χ1) is 11.1. The number of nitrogens with one attached hydrogen (secondary N) is 2. The van der Waals surface area contributed by atoms with E-state index in [-0.39, 0.29) is 24.8 Å². The molecule has 0 spiro atoms. The van der Waals surface area contributed by atoms with Crippen molar-refractivity contribution >= 4 is 33.4 Å². The molecule has 2 aromatic carbocycles. The summed E-state index contributed by atoms with van der Waals surface area (Å²) in [4.78, 5) is 23.9. The summed E-state index contributed by atoms with van der Waals surface area (Å²) in [5.41, 5.74) is 1.16. The van der Waals surface area contributed by atoms with E-state index in [2.05, 4.69) is 26.6 Å². The number of amides is 2. The SMILES string of the molecule is COc1ccccc1C(=O)NCCC(=O)Nc1cccc(Br)c1. The Bertz CT molecular complexity index is 704. The largest absolute Gasteiger partial charge is 0.496 e. The van der Waals surface area contributed by atoms with Gasteiger partial charge in [-0.1, -0.05) is 34.1 Å². The van der Waals surface area contributed by atoms with Gasteiger partial charge in [-0.2, -0.15) is 0 Å². The van der Waals surface area contributed by atoms with Crippen molar-refractivity contribution in [3.8, 4) is 5.75 Å². The van der Waals surface area contributed by atoms with Crippen LogP contribution in [0.5, 0.6) is 5.75 Å². The number of carbonyl (C=O) groups excluding carboxylic acids is 2. The Balaban J connectivity index is 1.82. The van der Waals surface area contributed by atoms with E-state index in [0.717, 1.165) is 4.47 Å². The maximum absolute atomic E-state index is 12.1. The third-order valence-electron chi connectivity index (χ3n) is 3.10. The van der Waals surface area contributed by atoms with Crippen molar-refractivity contribution < 1.29 is 14.3 Å². The summed E-state index contributed by atoms with van der Waals surface area (Å²) < 4.78 is 6.03. The molecule has 0 heterocycles. The molecule has 0 aliphatic carbocycles. The summed E-state index contributed by atoms with van der Waals surface area (Å²) in [5.74, 6) is 0.0738. The molecule has 0 aromatic heterocycles. The van der Waals surface area contributed by atoms with Crippen LogP contribution in [-0.4, -0.2) is 25.5 Å². The van der Waals surface area contributed by atoms with Crippen molar-refractivity contribution in [2.75, 3.05) is 19.0 Å². The van der Waals surface area contributed by atoms with Gasteiger partial charge in [-0.3, -0.25) is 9.59 Å². The average Bonchev–Trinajstić information content (AvgIpc) is 2.54. The minimum atomic E-state index is -0.266. The van der Waals surface area contributed by atoms with Crippen LogP contribution in [0, 0.1) is 0 Å². The van der Waals surface area contributed by atoms with Crippen LogP contribution >= 0.6 is 15.9 Å². The van der Waals surface area contributed by atoms with Crippen LogP contribution in [-0.2, 0) is 4.79 Å². The van der Waals surface area contributed by atoms with E-state index in [0.29, 0.717) is 17.0 Å². The van der Waals surface area contributed by atoms with Gasteiger partial charge >= 0.3 is 0 Å². The third-order valence-corrected chi connectivity index (χ3v) is 3.59. The zero-order valence-corrected chi connectivity index (χ0v) is 14.2. The van der Waals surface area contributed by atoms with Crippen molar-refractivity contribution in [3.05, 3.63) is 58.6 Å². The summed E-state index contributed by atoms with van der Waals surface area (Å²) in [6, 6.07) is 14.3. The van der Waals surface area contributed by atoms with Crippen LogP contribution in [0.2, 0.25) is 0 Å². The van der Waals surface area contributed by atoms with Gasteiger partial charge in [0.2, 0.25) is 5.91 Å². The Hall–Kier alpha value is -2.34. The quantitative estimate of drug-likeness (QED) is 0.813. The topological polar surface area (TPSA) is 67.4 Å². The van der Waals surface area contributed by atoms with E-state index in [1.165, 1.54) is 7.11 Å². The van der Waals surface area contributed by atoms with Gasteiger partial charge in [0.25, 0.3) is 5.91 Å². The number of carbonyl (C=O) groups is 2. The van der Waals surface area contributed by atoms with Gasteiger partial charge in [0, 0.05) is 23.1 Å². The first kappa shape index (κ1) is 17.0. The van der Waals surface area contributed by atoms with Gasteiger partial charge in [0.15, 0.2) is 0 Å². The van der Waals surface area contributed by atoms with Crippen LogP contribution in [0.4, 0.5) is 5.69 Å². The standard InChI is InChI=1S/C17H17BrN2O3/c1-23-15-8-3-2-7-14(15)17(22)19-10-9-16(21)20-13-6-4-5-12(18)11-13/h2-8,11H,9-10H2,1H3,(H,19,22)(H,20,21). The van der Waals surface area contributed by atoms with Crippen molar-refractivity contribution in [1.82, 2.24) is 5.32 Å². The number of halogens is 1. The van der Waals surface area contributed by atoms with Gasteiger partial charge in [-0.05, 0) is 30.3 Å². The second-order valence-corrected chi connectivity index (χ2v) is 5.68. The molecular formula is C17H17BrN2O3. The molecule has 2 N–H and O–H groups in total. The molecule has 0 fully saturated rings. The van der Waals surface area contributed by atoms with E-state index in [9.17, 15) is 9.59 Å². The fourth-order valence-electron chi connectivity index (χ4n) is 2.01. The highest BCUT2D eigenvalue weighted by atomic mass is 79.9. The van der Waals surface area contributed by atoms with Crippen molar-refractivity contribution in [2.24, 2.45) is 0 Å². The molecule has 0 aliphatic heterocycles. The van der Waals surface area contributed by atoms with Gasteiger partial charge in [-0.15, -0.1) is 0 Å². The Morgan fingerprint density at radius 2 is 1.91 bits per heavy atom. The molecule has 6 heteroatoms. The molecule has 5 nitrogen and oxygen atoms in total. The van der Waals surface area contributed by atoms with Crippen molar-refractivity contribution in [3.63, 3.8) is 0 Å². The zero-order valence-electron chi connectivity index (χ0n) is 12.6. The summed E-state index contributed by atoms with van der Waals surface area (Å²) in [6.45, 7) is 0.247. The maximum atomic E-state index is 12.1. The molecule has 0 saturated heterocycles. The molecule has 120 valence electrons. The van der Waals surface area contributed by atoms with Crippen molar-refractivity contribution in [2.45, 2.75) is 6.42 Å². The third kappa shape index (κ3) is 5.10. The van der Waals surface area contributed by atoms with E-state index >= 15 is 0 Å². The number of para-hydroxylation sites is 1. The van der Waals surface area contributed by atoms with E-state index in [1.807, 2.05) is 18.2 Å². The lowest BCUT2D eigenvalue weighted by molar-refractivity contribution is -0.116.